The molecule has 4 aliphatic carbocycles. The zero-order chi connectivity index (χ0) is 33.3. The highest BCUT2D eigenvalue weighted by molar-refractivity contribution is 5.92. The Balaban J connectivity index is 0.961. The molecule has 1 heterocycles. The minimum atomic E-state index is -1.07. The molecule has 4 saturated carbocycles. The summed E-state index contributed by atoms with van der Waals surface area (Å²) in [5, 5.41) is 22.7. The number of aromatic nitrogens is 1. The molecular formula is C38H41N5O5. The van der Waals surface area contributed by atoms with E-state index in [4.69, 9.17) is 0 Å². The summed E-state index contributed by atoms with van der Waals surface area (Å²) in [6.07, 6.45) is 8.83. The lowest BCUT2D eigenvalue weighted by atomic mass is 9.53. The number of rotatable bonds is 11. The Morgan fingerprint density at radius 1 is 0.833 bits per heavy atom. The molecule has 248 valence electrons. The van der Waals surface area contributed by atoms with Crippen molar-refractivity contribution in [2.75, 3.05) is 11.9 Å². The quantitative estimate of drug-likeness (QED) is 0.124. The predicted molar refractivity (Wildman–Crippen MR) is 182 cm³/mol. The first-order chi connectivity index (χ1) is 23.2. The molecule has 48 heavy (non-hydrogen) atoms. The maximum Gasteiger partial charge on any atom is 0.319 e. The molecule has 1 aromatic heterocycles. The van der Waals surface area contributed by atoms with Crippen LogP contribution in [0.15, 0.2) is 85.1 Å². The number of aliphatic carboxylic acids is 1. The number of amides is 4. The van der Waals surface area contributed by atoms with Crippen LogP contribution in [-0.2, 0) is 20.8 Å². The van der Waals surface area contributed by atoms with Gasteiger partial charge in [-0.2, -0.15) is 0 Å². The number of urea groups is 1. The third-order valence-electron chi connectivity index (χ3n) is 10.5. The van der Waals surface area contributed by atoms with E-state index in [2.05, 4.69) is 26.3 Å². The maximum atomic E-state index is 13.5. The van der Waals surface area contributed by atoms with Crippen LogP contribution in [0.3, 0.4) is 0 Å². The van der Waals surface area contributed by atoms with Gasteiger partial charge in [-0.15, -0.1) is 0 Å². The van der Waals surface area contributed by atoms with Crippen LogP contribution < -0.4 is 21.3 Å². The summed E-state index contributed by atoms with van der Waals surface area (Å²) in [5.41, 5.74) is 3.24. The summed E-state index contributed by atoms with van der Waals surface area (Å²) in [6, 6.07) is 22.2. The maximum absolute atomic E-state index is 13.5. The highest BCUT2D eigenvalue weighted by Gasteiger charge is 2.51. The Hall–Kier alpha value is -5.12. The number of nitrogens with one attached hydrogen (secondary N) is 5. The predicted octanol–water partition coefficient (Wildman–Crippen LogP) is 5.64. The van der Waals surface area contributed by atoms with Gasteiger partial charge in [-0.25, -0.2) is 4.79 Å². The van der Waals surface area contributed by atoms with Gasteiger partial charge in [0.15, 0.2) is 0 Å². The van der Waals surface area contributed by atoms with Crippen LogP contribution in [0.2, 0.25) is 0 Å². The minimum absolute atomic E-state index is 0.0173. The van der Waals surface area contributed by atoms with Crippen molar-refractivity contribution in [3.8, 4) is 0 Å². The van der Waals surface area contributed by atoms with Gasteiger partial charge in [0, 0.05) is 34.9 Å². The first-order valence-electron chi connectivity index (χ1n) is 16.8. The van der Waals surface area contributed by atoms with Crippen molar-refractivity contribution in [3.05, 3.63) is 102 Å². The van der Waals surface area contributed by atoms with Crippen LogP contribution in [0.1, 0.15) is 67.2 Å². The van der Waals surface area contributed by atoms with Gasteiger partial charge in [-0.1, -0.05) is 60.7 Å². The first kappa shape index (κ1) is 31.5. The van der Waals surface area contributed by atoms with E-state index in [-0.39, 0.29) is 30.4 Å². The largest absolute Gasteiger partial charge is 0.481 e. The molecule has 10 nitrogen and oxygen atoms in total. The molecule has 8 rings (SSSR count). The molecule has 3 aromatic carbocycles. The van der Waals surface area contributed by atoms with Gasteiger partial charge in [-0.3, -0.25) is 14.4 Å². The lowest BCUT2D eigenvalue weighted by molar-refractivity contribution is -0.139. The van der Waals surface area contributed by atoms with Gasteiger partial charge >= 0.3 is 12.0 Å². The van der Waals surface area contributed by atoms with Crippen molar-refractivity contribution in [1.29, 1.82) is 0 Å². The molecule has 4 bridgehead atoms. The van der Waals surface area contributed by atoms with E-state index in [0.29, 0.717) is 16.8 Å². The number of benzene rings is 3. The van der Waals surface area contributed by atoms with E-state index in [1.165, 1.54) is 19.3 Å². The summed E-state index contributed by atoms with van der Waals surface area (Å²) in [4.78, 5) is 55.0. The molecule has 4 amide bonds. The number of hydrogen-bond acceptors (Lipinski definition) is 4. The first-order valence-corrected chi connectivity index (χ1v) is 16.8. The number of carboxylic acids is 1. The number of carboxylic acid groups (broad SMARTS) is 1. The van der Waals surface area contributed by atoms with Gasteiger partial charge in [0.2, 0.25) is 11.8 Å². The summed E-state index contributed by atoms with van der Waals surface area (Å²) >= 11 is 0. The standard InChI is InChI=1S/C38H41N5O5/c44-33(17-23-10-12-28(13-11-23)41-37(48)43-38-18-24-14-25(19-38)16-26(15-24)20-38)42-34(27-6-2-1-3-7-27)35(45)40-22-31(36(46)47)30-21-39-32-9-5-4-8-29(30)32/h1-13,21,24-26,31,34,39H,14-20,22H2,(H,40,45)(H,42,44)(H,46,47)(H2,41,43,48). The van der Waals surface area contributed by atoms with Crippen LogP contribution >= 0.6 is 0 Å². The van der Waals surface area contributed by atoms with E-state index >= 15 is 0 Å². The van der Waals surface area contributed by atoms with Crippen molar-refractivity contribution in [3.63, 3.8) is 0 Å². The van der Waals surface area contributed by atoms with Crippen molar-refractivity contribution in [2.45, 2.75) is 62.4 Å². The van der Waals surface area contributed by atoms with E-state index in [1.54, 1.807) is 54.7 Å². The minimum Gasteiger partial charge on any atom is -0.481 e. The van der Waals surface area contributed by atoms with Crippen LogP contribution in [0.4, 0.5) is 10.5 Å². The number of anilines is 1. The lowest BCUT2D eigenvalue weighted by Crippen LogP contribution is -2.60. The number of carbonyl (C=O) groups excluding carboxylic acids is 3. The Bertz CT molecular complexity index is 1780. The smallest absolute Gasteiger partial charge is 0.319 e. The Kier molecular flexibility index (Phi) is 8.64. The number of H-pyrrole nitrogens is 1. The second-order valence-electron chi connectivity index (χ2n) is 14.0. The molecule has 4 fully saturated rings. The highest BCUT2D eigenvalue weighted by Crippen LogP contribution is 2.55. The fraction of sp³-hybridized carbons (Fsp3) is 0.368. The van der Waals surface area contributed by atoms with Crippen LogP contribution in [-0.4, -0.2) is 46.0 Å². The molecule has 2 atom stereocenters. The monoisotopic (exact) mass is 647 g/mol. The van der Waals surface area contributed by atoms with Crippen molar-refractivity contribution < 1.29 is 24.3 Å². The van der Waals surface area contributed by atoms with Crippen LogP contribution in [0.5, 0.6) is 0 Å². The zero-order valence-electron chi connectivity index (χ0n) is 26.7. The highest BCUT2D eigenvalue weighted by atomic mass is 16.4. The second kappa shape index (κ2) is 13.2. The summed E-state index contributed by atoms with van der Waals surface area (Å²) in [5.74, 6) is -0.720. The number of aromatic amines is 1. The normalized spacial score (nSPS) is 23.6. The molecule has 2 unspecified atom stereocenters. The molecule has 10 heteroatoms. The number of hydrogen-bond donors (Lipinski definition) is 6. The van der Waals surface area contributed by atoms with Crippen LogP contribution in [0.25, 0.3) is 10.9 Å². The van der Waals surface area contributed by atoms with E-state index in [1.807, 2.05) is 30.3 Å². The third kappa shape index (κ3) is 6.79. The Labute approximate surface area is 279 Å². The van der Waals surface area contributed by atoms with E-state index in [0.717, 1.165) is 53.5 Å². The van der Waals surface area contributed by atoms with Crippen molar-refractivity contribution in [2.24, 2.45) is 17.8 Å². The van der Waals surface area contributed by atoms with Gasteiger partial charge in [0.05, 0.1) is 6.42 Å². The number of para-hydroxylation sites is 1. The number of fused-ring (bicyclic) bond motifs is 1. The fourth-order valence-electron chi connectivity index (χ4n) is 8.73. The topological polar surface area (TPSA) is 152 Å². The average molecular weight is 648 g/mol. The van der Waals surface area contributed by atoms with Gasteiger partial charge in [-0.05, 0) is 91.2 Å². The summed E-state index contributed by atoms with van der Waals surface area (Å²) in [6.45, 7) is -0.153. The van der Waals surface area contributed by atoms with E-state index < -0.39 is 23.8 Å². The third-order valence-corrected chi connectivity index (χ3v) is 10.5. The second-order valence-corrected chi connectivity index (χ2v) is 14.0. The summed E-state index contributed by atoms with van der Waals surface area (Å²) in [7, 11) is 0. The van der Waals surface area contributed by atoms with Gasteiger partial charge in [0.1, 0.15) is 12.0 Å². The SMILES string of the molecule is O=C(Cc1ccc(NC(=O)NC23CC4CC(CC(C4)C2)C3)cc1)NC(C(=O)NCC(C(=O)O)c1c[nH]c2ccccc12)c1ccccc1. The van der Waals surface area contributed by atoms with E-state index in [9.17, 15) is 24.3 Å². The zero-order valence-corrected chi connectivity index (χ0v) is 26.7. The average Bonchev–Trinajstić information content (AvgIpc) is 3.48. The molecule has 0 spiro atoms. The lowest BCUT2D eigenvalue weighted by Gasteiger charge is -2.56. The Morgan fingerprint density at radius 2 is 1.48 bits per heavy atom. The fourth-order valence-corrected chi connectivity index (χ4v) is 8.73. The van der Waals surface area contributed by atoms with Crippen LogP contribution in [0, 0.1) is 17.8 Å². The molecule has 0 aliphatic heterocycles. The molecular weight excluding hydrogens is 606 g/mol. The van der Waals surface area contributed by atoms with Gasteiger partial charge < -0.3 is 31.4 Å². The molecule has 0 saturated heterocycles. The molecule has 0 radical (unpaired) electrons. The molecule has 4 aliphatic rings. The molecule has 6 N–H and O–H groups in total. The van der Waals surface area contributed by atoms with Crippen molar-refractivity contribution in [1.82, 2.24) is 20.9 Å². The molecule has 4 aromatic rings. The van der Waals surface area contributed by atoms with Crippen molar-refractivity contribution >= 4 is 40.4 Å². The summed E-state index contributed by atoms with van der Waals surface area (Å²) < 4.78 is 0. The number of carbonyl (C=O) groups is 4. The Morgan fingerprint density at radius 3 is 2.15 bits per heavy atom. The van der Waals surface area contributed by atoms with Gasteiger partial charge in [0.25, 0.3) is 0 Å².